The van der Waals surface area contributed by atoms with Gasteiger partial charge in [0.15, 0.2) is 0 Å². The Kier molecular flexibility index (Phi) is 4.56. The lowest BCUT2D eigenvalue weighted by atomic mass is 10.1. The van der Waals surface area contributed by atoms with Gasteiger partial charge >= 0.3 is 0 Å². The van der Waals surface area contributed by atoms with Gasteiger partial charge in [0, 0.05) is 23.0 Å². The van der Waals surface area contributed by atoms with Gasteiger partial charge in [-0.1, -0.05) is 6.92 Å². The molecule has 2 N–H and O–H groups in total. The molecule has 1 aromatic carbocycles. The highest BCUT2D eigenvalue weighted by Crippen LogP contribution is 2.25. The number of benzene rings is 1. The maximum atomic E-state index is 13.2. The van der Waals surface area contributed by atoms with Gasteiger partial charge in [0.25, 0.3) is 0 Å². The summed E-state index contributed by atoms with van der Waals surface area (Å²) in [7, 11) is 0. The predicted octanol–water partition coefficient (Wildman–Crippen LogP) is 4.01. The van der Waals surface area contributed by atoms with E-state index < -0.39 is 0 Å². The van der Waals surface area contributed by atoms with Gasteiger partial charge < -0.3 is 10.4 Å². The normalized spacial score (nSPS) is 12.6. The van der Waals surface area contributed by atoms with E-state index in [4.69, 9.17) is 0 Å². The van der Waals surface area contributed by atoms with Gasteiger partial charge in [-0.05, 0) is 48.6 Å². The Labute approximate surface area is 116 Å². The monoisotopic (exact) mass is 279 g/mol. The second kappa shape index (κ2) is 6.17. The van der Waals surface area contributed by atoms with E-state index in [1.54, 1.807) is 11.3 Å². The van der Waals surface area contributed by atoms with E-state index in [0.717, 1.165) is 13.0 Å². The van der Waals surface area contributed by atoms with Crippen molar-refractivity contribution in [1.29, 1.82) is 0 Å². The van der Waals surface area contributed by atoms with Crippen LogP contribution in [0, 0.1) is 5.82 Å². The van der Waals surface area contributed by atoms with E-state index in [9.17, 15) is 9.50 Å². The van der Waals surface area contributed by atoms with Crippen LogP contribution >= 0.6 is 11.3 Å². The molecule has 4 heteroatoms. The zero-order chi connectivity index (χ0) is 13.8. The zero-order valence-electron chi connectivity index (χ0n) is 11.1. The third kappa shape index (κ3) is 3.33. The van der Waals surface area contributed by atoms with Gasteiger partial charge in [-0.25, -0.2) is 4.39 Å². The molecule has 0 amide bonds. The van der Waals surface area contributed by atoms with Crippen LogP contribution in [0.5, 0.6) is 5.75 Å². The maximum absolute atomic E-state index is 13.2. The molecule has 1 atom stereocenters. The van der Waals surface area contributed by atoms with Crippen LogP contribution < -0.4 is 5.32 Å². The Balaban J connectivity index is 2.05. The second-order valence-corrected chi connectivity index (χ2v) is 5.53. The minimum Gasteiger partial charge on any atom is -0.508 e. The maximum Gasteiger partial charge on any atom is 0.123 e. The van der Waals surface area contributed by atoms with Crippen molar-refractivity contribution in [2.75, 3.05) is 0 Å². The number of rotatable bonds is 5. The predicted molar refractivity (Wildman–Crippen MR) is 77.0 cm³/mol. The van der Waals surface area contributed by atoms with Crippen LogP contribution in [-0.4, -0.2) is 5.11 Å². The molecule has 0 bridgehead atoms. The largest absolute Gasteiger partial charge is 0.508 e. The number of phenols is 1. The van der Waals surface area contributed by atoms with E-state index in [1.165, 1.54) is 28.6 Å². The van der Waals surface area contributed by atoms with Crippen LogP contribution in [-0.2, 0) is 13.0 Å². The Hall–Kier alpha value is -1.39. The standard InChI is InChI=1S/C15H18FNOS/c1-3-11-6-7-19-15(11)9-17-10(2)13-8-12(16)4-5-14(13)18/h4-8,10,17-18H,3,9H2,1-2H3. The van der Waals surface area contributed by atoms with Gasteiger partial charge in [-0.15, -0.1) is 11.3 Å². The molecule has 0 aliphatic rings. The smallest absolute Gasteiger partial charge is 0.123 e. The van der Waals surface area contributed by atoms with Gasteiger partial charge in [0.05, 0.1) is 0 Å². The third-order valence-corrected chi connectivity index (χ3v) is 4.21. The molecule has 0 saturated carbocycles. The number of aromatic hydroxyl groups is 1. The van der Waals surface area contributed by atoms with Crippen molar-refractivity contribution in [2.24, 2.45) is 0 Å². The van der Waals surface area contributed by atoms with Crippen LogP contribution in [0.4, 0.5) is 4.39 Å². The van der Waals surface area contributed by atoms with Crippen molar-refractivity contribution >= 4 is 11.3 Å². The summed E-state index contributed by atoms with van der Waals surface area (Å²) in [4.78, 5) is 1.30. The first-order valence-corrected chi connectivity index (χ1v) is 7.26. The van der Waals surface area contributed by atoms with E-state index in [-0.39, 0.29) is 17.6 Å². The quantitative estimate of drug-likeness (QED) is 0.867. The summed E-state index contributed by atoms with van der Waals surface area (Å²) < 4.78 is 13.2. The van der Waals surface area contributed by atoms with Crippen LogP contribution in [0.1, 0.15) is 35.9 Å². The Morgan fingerprint density at radius 2 is 2.16 bits per heavy atom. The number of halogens is 1. The molecule has 0 fully saturated rings. The molecule has 1 heterocycles. The average Bonchev–Trinajstić information content (AvgIpc) is 2.86. The van der Waals surface area contributed by atoms with E-state index in [2.05, 4.69) is 23.7 Å². The van der Waals surface area contributed by atoms with Crippen molar-refractivity contribution in [1.82, 2.24) is 5.32 Å². The van der Waals surface area contributed by atoms with Gasteiger partial charge in [-0.3, -0.25) is 0 Å². The topological polar surface area (TPSA) is 32.3 Å². The molecule has 2 rings (SSSR count). The fourth-order valence-electron chi connectivity index (χ4n) is 2.07. The number of hydrogen-bond donors (Lipinski definition) is 2. The molecule has 0 radical (unpaired) electrons. The molecule has 2 aromatic rings. The van der Waals surface area contributed by atoms with Crippen LogP contribution in [0.15, 0.2) is 29.6 Å². The second-order valence-electron chi connectivity index (χ2n) is 4.53. The van der Waals surface area contributed by atoms with E-state index in [1.807, 2.05) is 6.92 Å². The van der Waals surface area contributed by atoms with E-state index in [0.29, 0.717) is 5.56 Å². The summed E-state index contributed by atoms with van der Waals surface area (Å²) >= 11 is 1.72. The summed E-state index contributed by atoms with van der Waals surface area (Å²) in [5.74, 6) is -0.199. The van der Waals surface area contributed by atoms with Crippen molar-refractivity contribution in [2.45, 2.75) is 32.9 Å². The minimum atomic E-state index is -0.327. The van der Waals surface area contributed by atoms with Crippen molar-refractivity contribution in [3.05, 3.63) is 51.5 Å². The van der Waals surface area contributed by atoms with Crippen molar-refractivity contribution in [3.8, 4) is 5.75 Å². The van der Waals surface area contributed by atoms with Crippen LogP contribution in [0.25, 0.3) is 0 Å². The highest BCUT2D eigenvalue weighted by atomic mass is 32.1. The third-order valence-electron chi connectivity index (χ3n) is 3.24. The average molecular weight is 279 g/mol. The first-order valence-electron chi connectivity index (χ1n) is 6.38. The van der Waals surface area contributed by atoms with Gasteiger partial charge in [-0.2, -0.15) is 0 Å². The lowest BCUT2D eigenvalue weighted by Gasteiger charge is -2.15. The summed E-state index contributed by atoms with van der Waals surface area (Å²) in [6, 6.07) is 6.07. The Morgan fingerprint density at radius 3 is 2.89 bits per heavy atom. The molecule has 0 aliphatic heterocycles. The molecular formula is C15H18FNOS. The molecule has 1 unspecified atom stereocenters. The first-order chi connectivity index (χ1) is 9.11. The van der Waals surface area contributed by atoms with E-state index >= 15 is 0 Å². The molecule has 0 saturated heterocycles. The number of hydrogen-bond acceptors (Lipinski definition) is 3. The summed E-state index contributed by atoms with van der Waals surface area (Å²) in [6.45, 7) is 4.79. The first kappa shape index (κ1) is 14.0. The van der Waals surface area contributed by atoms with Gasteiger partial charge in [0.1, 0.15) is 11.6 Å². The molecule has 102 valence electrons. The Morgan fingerprint density at radius 1 is 1.37 bits per heavy atom. The SMILES string of the molecule is CCc1ccsc1CNC(C)c1cc(F)ccc1O. The highest BCUT2D eigenvalue weighted by Gasteiger charge is 2.12. The number of thiophene rings is 1. The molecule has 0 spiro atoms. The van der Waals surface area contributed by atoms with Crippen molar-refractivity contribution in [3.63, 3.8) is 0 Å². The number of phenolic OH excluding ortho intramolecular Hbond substituents is 1. The summed E-state index contributed by atoms with van der Waals surface area (Å²) in [6.07, 6.45) is 1.01. The molecule has 0 aliphatic carbocycles. The lowest BCUT2D eigenvalue weighted by Crippen LogP contribution is -2.18. The fourth-order valence-corrected chi connectivity index (χ4v) is 2.99. The van der Waals surface area contributed by atoms with Crippen LogP contribution in [0.2, 0.25) is 0 Å². The molecule has 19 heavy (non-hydrogen) atoms. The Bertz CT molecular complexity index is 553. The summed E-state index contributed by atoms with van der Waals surface area (Å²) in [5.41, 5.74) is 1.93. The molecular weight excluding hydrogens is 261 g/mol. The summed E-state index contributed by atoms with van der Waals surface area (Å²) in [5, 5.41) is 15.2. The van der Waals surface area contributed by atoms with Gasteiger partial charge in [0.2, 0.25) is 0 Å². The van der Waals surface area contributed by atoms with Crippen molar-refractivity contribution < 1.29 is 9.50 Å². The molecule has 2 nitrogen and oxygen atoms in total. The number of aryl methyl sites for hydroxylation is 1. The van der Waals surface area contributed by atoms with Crippen LogP contribution in [0.3, 0.4) is 0 Å². The molecule has 1 aromatic heterocycles. The highest BCUT2D eigenvalue weighted by molar-refractivity contribution is 7.10. The fraction of sp³-hybridized carbons (Fsp3) is 0.333. The zero-order valence-corrected chi connectivity index (χ0v) is 11.9. The number of nitrogens with one attached hydrogen (secondary N) is 1. The minimum absolute atomic E-state index is 0.0949. The lowest BCUT2D eigenvalue weighted by molar-refractivity contribution is 0.449.